The first-order valence-electron chi connectivity index (χ1n) is 16.2. The average molecular weight is 634 g/mol. The Morgan fingerprint density at radius 2 is 1.63 bits per heavy atom. The van der Waals surface area contributed by atoms with Gasteiger partial charge in [-0.3, -0.25) is 24.2 Å². The summed E-state index contributed by atoms with van der Waals surface area (Å²) in [7, 11) is 4.54. The second kappa shape index (κ2) is 15.5. The van der Waals surface area contributed by atoms with E-state index >= 15 is 0 Å². The van der Waals surface area contributed by atoms with E-state index in [9.17, 15) is 14.4 Å². The number of nitrogens with zero attached hydrogens (tertiary/aromatic N) is 3. The zero-order valence-electron chi connectivity index (χ0n) is 27.5. The van der Waals surface area contributed by atoms with E-state index in [-0.39, 0.29) is 25.4 Å². The molecule has 2 N–H and O–H groups in total. The summed E-state index contributed by atoms with van der Waals surface area (Å²) in [5.74, 6) is 0.103. The molecule has 2 aliphatic rings. The third-order valence-electron chi connectivity index (χ3n) is 9.27. The van der Waals surface area contributed by atoms with Crippen LogP contribution in [0.4, 0.5) is 0 Å². The van der Waals surface area contributed by atoms with Gasteiger partial charge in [0.2, 0.25) is 17.6 Å². The third kappa shape index (κ3) is 7.82. The monoisotopic (exact) mass is 633 g/mol. The molecule has 3 amide bonds. The van der Waals surface area contributed by atoms with Crippen LogP contribution < -0.4 is 19.5 Å². The van der Waals surface area contributed by atoms with Crippen LogP contribution in [0.5, 0.6) is 17.2 Å². The predicted octanol–water partition coefficient (Wildman–Crippen LogP) is 3.75. The topological polar surface area (TPSA) is 116 Å². The number of ether oxygens (including phenoxy) is 3. The molecule has 11 heteroatoms. The van der Waals surface area contributed by atoms with Crippen LogP contribution in [-0.2, 0) is 27.3 Å². The minimum Gasteiger partial charge on any atom is -0.493 e. The molecule has 2 aliphatic heterocycles. The van der Waals surface area contributed by atoms with Crippen molar-refractivity contribution in [2.75, 3.05) is 54.1 Å². The van der Waals surface area contributed by atoms with Gasteiger partial charge in [-0.05, 0) is 68.1 Å². The number of H-pyrrole nitrogens is 1. The van der Waals surface area contributed by atoms with E-state index in [1.54, 1.807) is 12.1 Å². The fourth-order valence-electron chi connectivity index (χ4n) is 6.83. The van der Waals surface area contributed by atoms with Crippen molar-refractivity contribution >= 4 is 28.6 Å². The maximum atomic E-state index is 14.2. The van der Waals surface area contributed by atoms with E-state index in [0.717, 1.165) is 42.4 Å². The molecule has 1 aromatic heterocycles. The molecular formula is C35H47N5O6. The van der Waals surface area contributed by atoms with Gasteiger partial charge in [0.25, 0.3) is 5.91 Å². The Morgan fingerprint density at radius 3 is 2.26 bits per heavy atom. The van der Waals surface area contributed by atoms with E-state index in [2.05, 4.69) is 20.1 Å². The predicted molar refractivity (Wildman–Crippen MR) is 176 cm³/mol. The Labute approximate surface area is 271 Å². The molecule has 2 saturated heterocycles. The van der Waals surface area contributed by atoms with E-state index < -0.39 is 17.9 Å². The fraction of sp³-hybridized carbons (Fsp3) is 0.514. The minimum atomic E-state index is -0.955. The van der Waals surface area contributed by atoms with Crippen LogP contribution in [0.3, 0.4) is 0 Å². The SMILES string of the molecule is COc1cc(CN(C(C)=O)C(=O)C(Cc2c[nH]c3ccccc23)NC(=O)CN2CCC(N3CCCCC3)CC2)cc(OC)c1OC. The van der Waals surface area contributed by atoms with E-state index in [1.165, 1.54) is 65.5 Å². The number of aromatic amines is 1. The molecule has 0 saturated carbocycles. The smallest absolute Gasteiger partial charge is 0.252 e. The van der Waals surface area contributed by atoms with Crippen LogP contribution in [0.1, 0.15) is 50.2 Å². The molecular weight excluding hydrogens is 586 g/mol. The quantitative estimate of drug-likeness (QED) is 0.310. The number of benzene rings is 2. The molecule has 1 unspecified atom stereocenters. The van der Waals surface area contributed by atoms with E-state index in [4.69, 9.17) is 14.2 Å². The largest absolute Gasteiger partial charge is 0.493 e. The molecule has 0 spiro atoms. The van der Waals surface area contributed by atoms with Gasteiger partial charge in [0, 0.05) is 49.6 Å². The number of carbonyl (C=O) groups excluding carboxylic acids is 3. The molecule has 2 fully saturated rings. The maximum absolute atomic E-state index is 14.2. The summed E-state index contributed by atoms with van der Waals surface area (Å²) < 4.78 is 16.4. The highest BCUT2D eigenvalue weighted by Gasteiger charge is 2.32. The van der Waals surface area contributed by atoms with Crippen LogP contribution in [0.15, 0.2) is 42.6 Å². The Balaban J connectivity index is 1.33. The molecule has 3 aromatic rings. The molecule has 0 bridgehead atoms. The number of amides is 3. The van der Waals surface area contributed by atoms with Gasteiger partial charge >= 0.3 is 0 Å². The summed E-state index contributed by atoms with van der Waals surface area (Å²) in [6, 6.07) is 10.9. The number of para-hydroxylation sites is 1. The molecule has 5 rings (SSSR count). The lowest BCUT2D eigenvalue weighted by Crippen LogP contribution is -2.54. The number of nitrogens with one attached hydrogen (secondary N) is 2. The number of fused-ring (bicyclic) bond motifs is 1. The van der Waals surface area contributed by atoms with Gasteiger partial charge in [-0.15, -0.1) is 0 Å². The number of aromatic nitrogens is 1. The Kier molecular flexibility index (Phi) is 11.2. The Morgan fingerprint density at radius 1 is 0.957 bits per heavy atom. The van der Waals surface area contributed by atoms with Gasteiger partial charge in [0.05, 0.1) is 34.4 Å². The van der Waals surface area contributed by atoms with Crippen molar-refractivity contribution < 1.29 is 28.6 Å². The summed E-state index contributed by atoms with van der Waals surface area (Å²) in [6.45, 7) is 5.56. The van der Waals surface area contributed by atoms with E-state index in [0.29, 0.717) is 28.9 Å². The van der Waals surface area contributed by atoms with Crippen LogP contribution in [0.2, 0.25) is 0 Å². The van der Waals surface area contributed by atoms with Crippen molar-refractivity contribution in [1.82, 2.24) is 25.0 Å². The summed E-state index contributed by atoms with van der Waals surface area (Å²) in [4.78, 5) is 49.9. The number of hydrogen-bond donors (Lipinski definition) is 2. The molecule has 11 nitrogen and oxygen atoms in total. The first-order chi connectivity index (χ1) is 22.3. The lowest BCUT2D eigenvalue weighted by molar-refractivity contribution is -0.147. The lowest BCUT2D eigenvalue weighted by atomic mass is 10.00. The minimum absolute atomic E-state index is 0.0326. The van der Waals surface area contributed by atoms with Crippen molar-refractivity contribution in [3.05, 3.63) is 53.7 Å². The number of piperidine rings is 2. The fourth-order valence-corrected chi connectivity index (χ4v) is 6.83. The van der Waals surface area contributed by atoms with Gasteiger partial charge in [-0.2, -0.15) is 0 Å². The molecule has 2 aromatic carbocycles. The highest BCUT2D eigenvalue weighted by molar-refractivity contribution is 5.99. The van der Waals surface area contributed by atoms with Crippen molar-refractivity contribution in [1.29, 1.82) is 0 Å². The molecule has 248 valence electrons. The highest BCUT2D eigenvalue weighted by Crippen LogP contribution is 2.38. The summed E-state index contributed by atoms with van der Waals surface area (Å²) in [6.07, 6.45) is 8.02. The Bertz CT molecular complexity index is 1480. The number of rotatable bonds is 12. The van der Waals surface area contributed by atoms with Crippen LogP contribution >= 0.6 is 0 Å². The maximum Gasteiger partial charge on any atom is 0.252 e. The number of carbonyl (C=O) groups is 3. The Hall–Kier alpha value is -4.09. The van der Waals surface area contributed by atoms with Crippen molar-refractivity contribution in [3.8, 4) is 17.2 Å². The van der Waals surface area contributed by atoms with Crippen molar-refractivity contribution in [2.45, 2.75) is 64.1 Å². The average Bonchev–Trinajstić information content (AvgIpc) is 3.49. The van der Waals surface area contributed by atoms with Gasteiger partial charge in [-0.1, -0.05) is 24.6 Å². The second-order valence-electron chi connectivity index (χ2n) is 12.3. The zero-order chi connectivity index (χ0) is 32.6. The number of methoxy groups -OCH3 is 3. The van der Waals surface area contributed by atoms with Crippen molar-refractivity contribution in [3.63, 3.8) is 0 Å². The van der Waals surface area contributed by atoms with Crippen molar-refractivity contribution in [2.24, 2.45) is 0 Å². The van der Waals surface area contributed by atoms with Crippen LogP contribution in [0.25, 0.3) is 10.9 Å². The molecule has 0 aliphatic carbocycles. The molecule has 0 radical (unpaired) electrons. The van der Waals surface area contributed by atoms with Crippen LogP contribution in [-0.4, -0.2) is 104 Å². The second-order valence-corrected chi connectivity index (χ2v) is 12.3. The standard InChI is InChI=1S/C35H47N5O6/c1-24(41)40(22-25-18-31(44-2)34(46-4)32(19-25)45-3)35(43)30(20-26-21-36-29-11-7-6-10-28(26)29)37-33(42)23-38-16-12-27(13-17-38)39-14-8-5-9-15-39/h6-7,10-11,18-19,21,27,30,36H,5,8-9,12-17,20,22-23H2,1-4H3,(H,37,42). The normalized spacial score (nSPS) is 17.0. The third-order valence-corrected chi connectivity index (χ3v) is 9.27. The lowest BCUT2D eigenvalue weighted by Gasteiger charge is -2.40. The highest BCUT2D eigenvalue weighted by atomic mass is 16.5. The van der Waals surface area contributed by atoms with Gasteiger partial charge < -0.3 is 29.4 Å². The zero-order valence-corrected chi connectivity index (χ0v) is 27.5. The van der Waals surface area contributed by atoms with Gasteiger partial charge in [0.15, 0.2) is 11.5 Å². The molecule has 46 heavy (non-hydrogen) atoms. The van der Waals surface area contributed by atoms with E-state index in [1.807, 2.05) is 30.5 Å². The summed E-state index contributed by atoms with van der Waals surface area (Å²) in [5, 5.41) is 3.97. The summed E-state index contributed by atoms with van der Waals surface area (Å²) in [5.41, 5.74) is 2.44. The molecule has 3 heterocycles. The number of likely N-dealkylation sites (tertiary alicyclic amines) is 2. The number of hydrogen-bond acceptors (Lipinski definition) is 8. The van der Waals surface area contributed by atoms with Gasteiger partial charge in [0.1, 0.15) is 6.04 Å². The summed E-state index contributed by atoms with van der Waals surface area (Å²) >= 11 is 0. The molecule has 1 atom stereocenters. The first-order valence-corrected chi connectivity index (χ1v) is 16.2. The van der Waals surface area contributed by atoms with Gasteiger partial charge in [-0.25, -0.2) is 0 Å². The first kappa shape index (κ1) is 33.3. The number of imide groups is 1. The van der Waals surface area contributed by atoms with Crippen LogP contribution in [0, 0.1) is 0 Å².